The third kappa shape index (κ3) is 3.23. The van der Waals surface area contributed by atoms with E-state index in [0.717, 1.165) is 0 Å². The summed E-state index contributed by atoms with van der Waals surface area (Å²) in [5.41, 5.74) is 1.89. The predicted octanol–water partition coefficient (Wildman–Crippen LogP) is 3.76. The molecule has 0 bridgehead atoms. The van der Waals surface area contributed by atoms with Crippen molar-refractivity contribution in [1.82, 2.24) is 9.55 Å². The van der Waals surface area contributed by atoms with Crippen LogP contribution in [0, 0.1) is 5.82 Å². The van der Waals surface area contributed by atoms with Crippen molar-refractivity contribution in [2.45, 2.75) is 19.4 Å². The van der Waals surface area contributed by atoms with E-state index in [9.17, 15) is 14.0 Å². The largest absolute Gasteiger partial charge is 0.419 e. The van der Waals surface area contributed by atoms with Crippen LogP contribution in [0.15, 0.2) is 51.7 Å². The van der Waals surface area contributed by atoms with E-state index in [0.29, 0.717) is 39.4 Å². The minimum atomic E-state index is -0.431. The molecular formula is C18H14FN3O3S. The maximum atomic E-state index is 13.2. The van der Waals surface area contributed by atoms with Crippen molar-refractivity contribution in [1.29, 1.82) is 0 Å². The average molecular weight is 371 g/mol. The molecule has 2 heterocycles. The number of hydrogen-bond acceptors (Lipinski definition) is 5. The summed E-state index contributed by atoms with van der Waals surface area (Å²) in [7, 11) is 0. The van der Waals surface area contributed by atoms with Gasteiger partial charge in [-0.3, -0.25) is 9.36 Å². The van der Waals surface area contributed by atoms with Gasteiger partial charge in [-0.25, -0.2) is 14.2 Å². The van der Waals surface area contributed by atoms with Crippen molar-refractivity contribution in [3.63, 3.8) is 0 Å². The second kappa shape index (κ2) is 6.72. The number of oxazole rings is 1. The van der Waals surface area contributed by atoms with E-state index >= 15 is 0 Å². The molecule has 0 aliphatic rings. The molecule has 1 amide bonds. The molecule has 0 aliphatic carbocycles. The number of nitrogens with one attached hydrogen (secondary N) is 1. The Balaban J connectivity index is 1.39. The van der Waals surface area contributed by atoms with E-state index in [1.165, 1.54) is 28.0 Å². The zero-order valence-corrected chi connectivity index (χ0v) is 14.4. The number of benzene rings is 2. The molecule has 2 aromatic heterocycles. The highest BCUT2D eigenvalue weighted by molar-refractivity contribution is 7.22. The lowest BCUT2D eigenvalue weighted by atomic mass is 10.3. The first-order valence-corrected chi connectivity index (χ1v) is 8.86. The third-order valence-electron chi connectivity index (χ3n) is 3.96. The first kappa shape index (κ1) is 16.5. The number of para-hydroxylation sites is 2. The zero-order chi connectivity index (χ0) is 18.1. The number of hydrogen-bond donors (Lipinski definition) is 1. The van der Waals surface area contributed by atoms with Crippen molar-refractivity contribution in [3.8, 4) is 0 Å². The minimum absolute atomic E-state index is 0.203. The van der Waals surface area contributed by atoms with Crippen molar-refractivity contribution in [2.24, 2.45) is 0 Å². The highest BCUT2D eigenvalue weighted by atomic mass is 32.1. The van der Waals surface area contributed by atoms with Gasteiger partial charge in [0, 0.05) is 13.0 Å². The van der Waals surface area contributed by atoms with Gasteiger partial charge in [-0.15, -0.1) is 0 Å². The fraction of sp³-hybridized carbons (Fsp3) is 0.167. The second-order valence-electron chi connectivity index (χ2n) is 5.77. The summed E-state index contributed by atoms with van der Waals surface area (Å²) in [6, 6.07) is 11.5. The lowest BCUT2D eigenvalue weighted by Crippen LogP contribution is -2.17. The topological polar surface area (TPSA) is 77.1 Å². The van der Waals surface area contributed by atoms with E-state index < -0.39 is 5.76 Å². The van der Waals surface area contributed by atoms with Crippen LogP contribution in [-0.4, -0.2) is 15.5 Å². The molecular weight excluding hydrogens is 357 g/mol. The van der Waals surface area contributed by atoms with Gasteiger partial charge in [0.1, 0.15) is 5.82 Å². The lowest BCUT2D eigenvalue weighted by molar-refractivity contribution is -0.116. The number of amides is 1. The number of thiazole rings is 1. The number of aryl methyl sites for hydroxylation is 1. The van der Waals surface area contributed by atoms with Gasteiger partial charge in [-0.2, -0.15) is 0 Å². The summed E-state index contributed by atoms with van der Waals surface area (Å²) in [6.45, 7) is 0.383. The Hall–Kier alpha value is -3.00. The van der Waals surface area contributed by atoms with Crippen LogP contribution < -0.4 is 11.1 Å². The van der Waals surface area contributed by atoms with Crippen LogP contribution in [0.1, 0.15) is 12.8 Å². The Bertz CT molecular complexity index is 1160. The number of anilines is 1. The lowest BCUT2D eigenvalue weighted by Gasteiger charge is -2.03. The quantitative estimate of drug-likeness (QED) is 0.579. The molecule has 0 radical (unpaired) electrons. The van der Waals surface area contributed by atoms with Crippen LogP contribution >= 0.6 is 11.3 Å². The molecule has 0 aliphatic heterocycles. The number of halogens is 1. The fourth-order valence-corrected chi connectivity index (χ4v) is 3.66. The molecule has 0 saturated heterocycles. The van der Waals surface area contributed by atoms with Crippen molar-refractivity contribution in [2.75, 3.05) is 5.32 Å². The number of carbonyl (C=O) groups excluding carboxylic acids is 1. The molecule has 4 aromatic rings. The minimum Gasteiger partial charge on any atom is -0.408 e. The summed E-state index contributed by atoms with van der Waals surface area (Å²) in [5.74, 6) is -0.970. The van der Waals surface area contributed by atoms with Gasteiger partial charge in [0.2, 0.25) is 5.91 Å². The third-order valence-corrected chi connectivity index (χ3v) is 4.89. The molecule has 1 N–H and O–H groups in total. The summed E-state index contributed by atoms with van der Waals surface area (Å²) >= 11 is 1.22. The molecule has 0 atom stereocenters. The first-order valence-electron chi connectivity index (χ1n) is 8.04. The van der Waals surface area contributed by atoms with Crippen molar-refractivity contribution in [3.05, 3.63) is 58.8 Å². The summed E-state index contributed by atoms with van der Waals surface area (Å²) in [5, 5.41) is 3.15. The van der Waals surface area contributed by atoms with Gasteiger partial charge in [-0.05, 0) is 36.8 Å². The predicted molar refractivity (Wildman–Crippen MR) is 97.9 cm³/mol. The number of rotatable bonds is 5. The molecule has 0 unspecified atom stereocenters. The van der Waals surface area contributed by atoms with Gasteiger partial charge < -0.3 is 9.73 Å². The van der Waals surface area contributed by atoms with Gasteiger partial charge in [0.25, 0.3) is 0 Å². The Morgan fingerprint density at radius 1 is 1.27 bits per heavy atom. The molecule has 0 fully saturated rings. The van der Waals surface area contributed by atoms with Crippen LogP contribution in [0.2, 0.25) is 0 Å². The van der Waals surface area contributed by atoms with Crippen molar-refractivity contribution >= 4 is 43.7 Å². The Morgan fingerprint density at radius 2 is 2.12 bits per heavy atom. The van der Waals surface area contributed by atoms with E-state index in [4.69, 9.17) is 4.42 Å². The number of aromatic nitrogens is 2. The Kier molecular flexibility index (Phi) is 4.26. The average Bonchev–Trinajstić information content (AvgIpc) is 3.14. The van der Waals surface area contributed by atoms with Crippen molar-refractivity contribution < 1.29 is 13.6 Å². The second-order valence-corrected chi connectivity index (χ2v) is 6.80. The maximum Gasteiger partial charge on any atom is 0.419 e. The fourth-order valence-electron chi connectivity index (χ4n) is 2.76. The highest BCUT2D eigenvalue weighted by Crippen LogP contribution is 2.26. The normalized spacial score (nSPS) is 11.3. The molecule has 0 spiro atoms. The van der Waals surface area contributed by atoms with E-state index in [1.807, 2.05) is 6.07 Å². The Morgan fingerprint density at radius 3 is 3.00 bits per heavy atom. The smallest absolute Gasteiger partial charge is 0.408 e. The molecule has 132 valence electrons. The van der Waals surface area contributed by atoms with Gasteiger partial charge in [0.15, 0.2) is 10.7 Å². The number of nitrogens with zero attached hydrogens (tertiary/aromatic N) is 2. The summed E-state index contributed by atoms with van der Waals surface area (Å²) in [4.78, 5) is 28.2. The van der Waals surface area contributed by atoms with Crippen LogP contribution in [-0.2, 0) is 11.3 Å². The first-order chi connectivity index (χ1) is 12.6. The van der Waals surface area contributed by atoms with E-state index in [2.05, 4.69) is 10.3 Å². The molecule has 2 aromatic carbocycles. The highest BCUT2D eigenvalue weighted by Gasteiger charge is 2.11. The van der Waals surface area contributed by atoms with Gasteiger partial charge >= 0.3 is 5.76 Å². The number of carbonyl (C=O) groups is 1. The number of fused-ring (bicyclic) bond motifs is 2. The molecule has 0 saturated carbocycles. The Labute approximate surface area is 150 Å². The molecule has 8 heteroatoms. The van der Waals surface area contributed by atoms with Crippen LogP contribution in [0.4, 0.5) is 9.52 Å². The maximum absolute atomic E-state index is 13.2. The van der Waals surface area contributed by atoms with Crippen LogP contribution in [0.3, 0.4) is 0 Å². The van der Waals surface area contributed by atoms with E-state index in [1.54, 1.807) is 24.3 Å². The SMILES string of the molecule is O=C(CCCn1c(=O)oc2ccccc21)Nc1nc2ccc(F)cc2s1. The van der Waals surface area contributed by atoms with Crippen LogP contribution in [0.5, 0.6) is 0 Å². The molecule has 26 heavy (non-hydrogen) atoms. The van der Waals surface area contributed by atoms with Gasteiger partial charge in [-0.1, -0.05) is 23.5 Å². The van der Waals surface area contributed by atoms with Gasteiger partial charge in [0.05, 0.1) is 15.7 Å². The molecule has 4 rings (SSSR count). The van der Waals surface area contributed by atoms with E-state index in [-0.39, 0.29) is 18.1 Å². The monoisotopic (exact) mass is 371 g/mol. The summed E-state index contributed by atoms with van der Waals surface area (Å²) < 4.78 is 20.6. The summed E-state index contributed by atoms with van der Waals surface area (Å²) in [6.07, 6.45) is 0.713. The molecule has 6 nitrogen and oxygen atoms in total. The van der Waals surface area contributed by atoms with Crippen LogP contribution in [0.25, 0.3) is 21.3 Å². The standard InChI is InChI=1S/C18H14FN3O3S/c19-11-7-8-12-15(10-11)26-17(20-12)21-16(23)6-3-9-22-13-4-1-2-5-14(13)25-18(22)24/h1-2,4-5,7-8,10H,3,6,9H2,(H,20,21,23). The zero-order valence-electron chi connectivity index (χ0n) is 13.6.